The summed E-state index contributed by atoms with van der Waals surface area (Å²) >= 11 is 0. The molecule has 0 bridgehead atoms. The number of nitrogens with zero attached hydrogens (tertiary/aromatic N) is 5. The van der Waals surface area contributed by atoms with Crippen molar-refractivity contribution in [2.45, 2.75) is 92.3 Å². The molecule has 2 aromatic carbocycles. The molecule has 1 aliphatic heterocycles. The van der Waals surface area contributed by atoms with Crippen LogP contribution in [0, 0.1) is 0 Å². The maximum atomic E-state index is 13.8. The molecular formula is C44H67N5O10. The summed E-state index contributed by atoms with van der Waals surface area (Å²) in [5.74, 6) is -1.34. The fourth-order valence-corrected chi connectivity index (χ4v) is 6.02. The van der Waals surface area contributed by atoms with Crippen LogP contribution in [0.15, 0.2) is 60.7 Å². The Hall–Kier alpha value is -4.73. The third-order valence-electron chi connectivity index (χ3n) is 8.72. The molecule has 0 aliphatic carbocycles. The molecule has 0 radical (unpaired) electrons. The Morgan fingerprint density at radius 3 is 0.932 bits per heavy atom. The van der Waals surface area contributed by atoms with Crippen molar-refractivity contribution >= 4 is 30.1 Å². The molecule has 0 spiro atoms. The van der Waals surface area contributed by atoms with E-state index in [4.69, 9.17) is 23.7 Å². The minimum atomic E-state index is -0.728. The summed E-state index contributed by atoms with van der Waals surface area (Å²) in [7, 11) is 0. The molecule has 3 rings (SSSR count). The molecule has 15 nitrogen and oxygen atoms in total. The van der Waals surface area contributed by atoms with Gasteiger partial charge in [0.2, 0.25) is 0 Å². The highest BCUT2D eigenvalue weighted by atomic mass is 16.6. The highest BCUT2D eigenvalue weighted by Gasteiger charge is 2.27. The molecule has 2 aromatic rings. The predicted octanol–water partition coefficient (Wildman–Crippen LogP) is 5.21. The lowest BCUT2D eigenvalue weighted by Gasteiger charge is -2.31. The van der Waals surface area contributed by atoms with E-state index >= 15 is 0 Å². The number of carbonyl (C=O) groups excluding carboxylic acids is 5. The van der Waals surface area contributed by atoms with Crippen LogP contribution in [-0.4, -0.2) is 156 Å². The van der Waals surface area contributed by atoms with Crippen molar-refractivity contribution in [3.8, 4) is 0 Å². The standard InChI is InChI=1S/C44H67N5O10/c1-42(2,3)57-37(50)30-45-20-21-46(31-38(51)58-43(4,5)6)23-27-49(41(54)56-34-36-18-14-11-15-19-36)29-25-47(32-39(52)59-44(7,8)9)24-28-48(26-22-45)40(53)55-33-35-16-12-10-13-17-35/h10-19H,20-34H2,1-9H3. The fourth-order valence-electron chi connectivity index (χ4n) is 6.02. The van der Waals surface area contributed by atoms with E-state index < -0.39 is 46.9 Å². The van der Waals surface area contributed by atoms with Crippen LogP contribution in [0.2, 0.25) is 0 Å². The van der Waals surface area contributed by atoms with Crippen LogP contribution in [0.1, 0.15) is 73.4 Å². The van der Waals surface area contributed by atoms with Crippen LogP contribution in [0.4, 0.5) is 9.59 Å². The molecule has 1 heterocycles. The van der Waals surface area contributed by atoms with Crippen LogP contribution < -0.4 is 0 Å². The van der Waals surface area contributed by atoms with E-state index in [0.717, 1.165) is 11.1 Å². The van der Waals surface area contributed by atoms with Crippen LogP contribution in [0.25, 0.3) is 0 Å². The van der Waals surface area contributed by atoms with E-state index in [9.17, 15) is 24.0 Å². The zero-order chi connectivity index (χ0) is 43.6. The van der Waals surface area contributed by atoms with Crippen molar-refractivity contribution in [3.05, 3.63) is 71.8 Å². The van der Waals surface area contributed by atoms with Crippen molar-refractivity contribution in [2.24, 2.45) is 0 Å². The Morgan fingerprint density at radius 2 is 0.678 bits per heavy atom. The molecule has 328 valence electrons. The van der Waals surface area contributed by atoms with Gasteiger partial charge in [-0.1, -0.05) is 60.7 Å². The SMILES string of the molecule is CC(C)(C)OC(=O)CN1CCN(CC(=O)OC(C)(C)C)CCN(C(=O)OCc2ccccc2)CCN(CC(=O)OC(C)(C)C)CCN(C(=O)OCc2ccccc2)CC1. The minimum Gasteiger partial charge on any atom is -0.459 e. The number of esters is 3. The van der Waals surface area contributed by atoms with E-state index in [1.165, 1.54) is 0 Å². The molecule has 2 amide bonds. The second kappa shape index (κ2) is 23.2. The summed E-state index contributed by atoms with van der Waals surface area (Å²) in [5.41, 5.74) is -0.523. The van der Waals surface area contributed by atoms with Gasteiger partial charge in [-0.25, -0.2) is 9.59 Å². The molecular weight excluding hydrogens is 759 g/mol. The maximum absolute atomic E-state index is 13.8. The summed E-state index contributed by atoms with van der Waals surface area (Å²) in [4.78, 5) is 75.8. The molecule has 0 saturated carbocycles. The van der Waals surface area contributed by atoms with Crippen molar-refractivity contribution < 1.29 is 47.7 Å². The monoisotopic (exact) mass is 825 g/mol. The average Bonchev–Trinajstić information content (AvgIpc) is 3.13. The Morgan fingerprint density at radius 1 is 0.424 bits per heavy atom. The number of carbonyl (C=O) groups is 5. The van der Waals surface area contributed by atoms with Gasteiger partial charge in [0.1, 0.15) is 30.0 Å². The number of ether oxygens (including phenoxy) is 5. The molecule has 1 saturated heterocycles. The van der Waals surface area contributed by atoms with Gasteiger partial charge in [-0.2, -0.15) is 0 Å². The molecule has 0 aromatic heterocycles. The number of amides is 2. The van der Waals surface area contributed by atoms with Gasteiger partial charge in [0.15, 0.2) is 0 Å². The first-order valence-electron chi connectivity index (χ1n) is 20.4. The average molecular weight is 826 g/mol. The smallest absolute Gasteiger partial charge is 0.410 e. The molecule has 15 heteroatoms. The van der Waals surface area contributed by atoms with Crippen molar-refractivity contribution in [1.29, 1.82) is 0 Å². The Kier molecular flexibility index (Phi) is 19.1. The van der Waals surface area contributed by atoms with E-state index in [1.807, 2.05) is 75.4 Å². The van der Waals surface area contributed by atoms with E-state index in [2.05, 4.69) is 0 Å². The summed E-state index contributed by atoms with van der Waals surface area (Å²) in [6.07, 6.45) is -1.13. The van der Waals surface area contributed by atoms with Gasteiger partial charge < -0.3 is 33.5 Å². The fraction of sp³-hybridized carbons (Fsp3) is 0.614. The second-order valence-corrected chi connectivity index (χ2v) is 17.6. The van der Waals surface area contributed by atoms with Crippen LogP contribution in [0.5, 0.6) is 0 Å². The molecule has 59 heavy (non-hydrogen) atoms. The quantitative estimate of drug-likeness (QED) is 0.228. The Bertz CT molecular complexity index is 1520. The summed E-state index contributed by atoms with van der Waals surface area (Å²) in [5, 5.41) is 0. The topological polar surface area (TPSA) is 148 Å². The number of hydrogen-bond donors (Lipinski definition) is 0. The van der Waals surface area contributed by atoms with Crippen LogP contribution in [0.3, 0.4) is 0 Å². The van der Waals surface area contributed by atoms with E-state index in [-0.39, 0.29) is 85.2 Å². The lowest BCUT2D eigenvalue weighted by molar-refractivity contribution is -0.158. The molecule has 1 aliphatic rings. The van der Waals surface area contributed by atoms with Crippen molar-refractivity contribution in [2.75, 3.05) is 85.1 Å². The third-order valence-corrected chi connectivity index (χ3v) is 8.72. The largest absolute Gasteiger partial charge is 0.459 e. The van der Waals surface area contributed by atoms with Gasteiger partial charge in [0, 0.05) is 65.4 Å². The molecule has 0 unspecified atom stereocenters. The number of benzene rings is 2. The number of rotatable bonds is 10. The van der Waals surface area contributed by atoms with Crippen LogP contribution in [-0.2, 0) is 51.3 Å². The van der Waals surface area contributed by atoms with Crippen molar-refractivity contribution in [1.82, 2.24) is 24.5 Å². The lowest BCUT2D eigenvalue weighted by Crippen LogP contribution is -2.47. The zero-order valence-electron chi connectivity index (χ0n) is 36.7. The first-order valence-corrected chi connectivity index (χ1v) is 20.4. The Balaban J connectivity index is 1.99. The van der Waals surface area contributed by atoms with Crippen molar-refractivity contribution in [3.63, 3.8) is 0 Å². The van der Waals surface area contributed by atoms with Gasteiger partial charge in [-0.05, 0) is 73.4 Å². The van der Waals surface area contributed by atoms with Gasteiger partial charge >= 0.3 is 30.1 Å². The summed E-state index contributed by atoms with van der Waals surface area (Å²) in [6.45, 7) is 18.3. The van der Waals surface area contributed by atoms with Gasteiger partial charge in [-0.15, -0.1) is 0 Å². The lowest BCUT2D eigenvalue weighted by atomic mass is 10.2. The molecule has 0 N–H and O–H groups in total. The molecule has 1 fully saturated rings. The van der Waals surface area contributed by atoms with Gasteiger partial charge in [0.05, 0.1) is 19.6 Å². The second-order valence-electron chi connectivity index (χ2n) is 17.6. The predicted molar refractivity (Wildman–Crippen MR) is 223 cm³/mol. The highest BCUT2D eigenvalue weighted by Crippen LogP contribution is 2.13. The first kappa shape index (κ1) is 48.6. The normalized spacial score (nSPS) is 16.3. The summed E-state index contributed by atoms with van der Waals surface area (Å²) in [6, 6.07) is 18.7. The summed E-state index contributed by atoms with van der Waals surface area (Å²) < 4.78 is 28.6. The zero-order valence-corrected chi connectivity index (χ0v) is 36.7. The van der Waals surface area contributed by atoms with E-state index in [0.29, 0.717) is 13.1 Å². The number of hydrogen-bond acceptors (Lipinski definition) is 13. The van der Waals surface area contributed by atoms with Gasteiger partial charge in [-0.3, -0.25) is 29.1 Å². The molecule has 0 atom stereocenters. The minimum absolute atomic E-state index is 0.0547. The van der Waals surface area contributed by atoms with E-state index in [1.54, 1.807) is 72.1 Å². The highest BCUT2D eigenvalue weighted by molar-refractivity contribution is 5.73. The Labute approximate surface area is 350 Å². The first-order chi connectivity index (χ1) is 27.6. The van der Waals surface area contributed by atoms with Gasteiger partial charge in [0.25, 0.3) is 0 Å². The third kappa shape index (κ3) is 21.2. The van der Waals surface area contributed by atoms with Crippen LogP contribution >= 0.6 is 0 Å². The maximum Gasteiger partial charge on any atom is 0.410 e.